The lowest BCUT2D eigenvalue weighted by Gasteiger charge is -2.04. The molecule has 0 radical (unpaired) electrons. The van der Waals surface area contributed by atoms with Gasteiger partial charge in [0.25, 0.3) is 0 Å². The highest BCUT2D eigenvalue weighted by Crippen LogP contribution is 2.28. The second-order valence-corrected chi connectivity index (χ2v) is 3.97. The molecule has 4 heteroatoms. The predicted molar refractivity (Wildman–Crippen MR) is 58.5 cm³/mol. The third-order valence-electron chi connectivity index (χ3n) is 1.90. The van der Waals surface area contributed by atoms with E-state index in [1.165, 1.54) is 11.8 Å². The van der Waals surface area contributed by atoms with Crippen molar-refractivity contribution in [3.63, 3.8) is 0 Å². The van der Waals surface area contributed by atoms with Crippen molar-refractivity contribution in [3.05, 3.63) is 48.4 Å². The minimum atomic E-state index is 0.0451. The molecule has 0 atom stereocenters. The second kappa shape index (κ2) is 4.91. The summed E-state index contributed by atoms with van der Waals surface area (Å²) in [5.74, 6) is 0. The van der Waals surface area contributed by atoms with E-state index < -0.39 is 0 Å². The van der Waals surface area contributed by atoms with E-state index in [4.69, 9.17) is 5.11 Å². The molecule has 0 unspecified atom stereocenters. The largest absolute Gasteiger partial charge is 0.392 e. The van der Waals surface area contributed by atoms with Gasteiger partial charge in [-0.2, -0.15) is 0 Å². The molecule has 2 aromatic rings. The number of aliphatic hydroxyl groups excluding tert-OH is 1. The molecule has 0 saturated heterocycles. The quantitative estimate of drug-likeness (QED) is 0.857. The summed E-state index contributed by atoms with van der Waals surface area (Å²) in [4.78, 5) is 9.17. The van der Waals surface area contributed by atoms with Crippen molar-refractivity contribution in [2.45, 2.75) is 16.5 Å². The molecule has 15 heavy (non-hydrogen) atoms. The molecule has 1 aromatic carbocycles. The number of hydrogen-bond acceptors (Lipinski definition) is 4. The topological polar surface area (TPSA) is 46.0 Å². The molecule has 0 saturated carbocycles. The van der Waals surface area contributed by atoms with E-state index in [9.17, 15) is 0 Å². The van der Waals surface area contributed by atoms with Crippen LogP contribution in [0, 0.1) is 0 Å². The Morgan fingerprint density at radius 2 is 2.07 bits per heavy atom. The molecule has 76 valence electrons. The zero-order valence-corrected chi connectivity index (χ0v) is 8.81. The van der Waals surface area contributed by atoms with Crippen molar-refractivity contribution in [2.24, 2.45) is 0 Å². The van der Waals surface area contributed by atoms with Crippen LogP contribution in [0.4, 0.5) is 0 Å². The second-order valence-electron chi connectivity index (χ2n) is 2.91. The van der Waals surface area contributed by atoms with Crippen LogP contribution in [0.5, 0.6) is 0 Å². The maximum atomic E-state index is 9.15. The number of nitrogens with zero attached hydrogens (tertiary/aromatic N) is 2. The summed E-state index contributed by atoms with van der Waals surface area (Å²) in [5.41, 5.74) is 0.910. The number of aromatic nitrogens is 2. The highest BCUT2D eigenvalue weighted by atomic mass is 32.2. The summed E-state index contributed by atoms with van der Waals surface area (Å²) in [6, 6.07) is 7.72. The molecule has 0 amide bonds. The van der Waals surface area contributed by atoms with Gasteiger partial charge in [0.1, 0.15) is 5.03 Å². The molecule has 0 aliphatic carbocycles. The third kappa shape index (κ3) is 2.55. The van der Waals surface area contributed by atoms with Crippen molar-refractivity contribution in [1.82, 2.24) is 9.97 Å². The minimum Gasteiger partial charge on any atom is -0.392 e. The summed E-state index contributed by atoms with van der Waals surface area (Å²) in [6.07, 6.45) is 5.00. The molecule has 1 aromatic heterocycles. The van der Waals surface area contributed by atoms with Crippen LogP contribution >= 0.6 is 11.8 Å². The van der Waals surface area contributed by atoms with Crippen LogP contribution in [0.2, 0.25) is 0 Å². The van der Waals surface area contributed by atoms with Crippen LogP contribution in [-0.2, 0) is 6.61 Å². The highest BCUT2D eigenvalue weighted by Gasteiger charge is 2.03. The maximum Gasteiger partial charge on any atom is 0.119 e. The highest BCUT2D eigenvalue weighted by molar-refractivity contribution is 7.99. The van der Waals surface area contributed by atoms with E-state index in [1.54, 1.807) is 18.6 Å². The van der Waals surface area contributed by atoms with E-state index in [0.29, 0.717) is 0 Å². The zero-order valence-electron chi connectivity index (χ0n) is 8.00. The van der Waals surface area contributed by atoms with E-state index in [0.717, 1.165) is 15.5 Å². The summed E-state index contributed by atoms with van der Waals surface area (Å²) in [6.45, 7) is 0.0451. The minimum absolute atomic E-state index is 0.0451. The van der Waals surface area contributed by atoms with Crippen LogP contribution in [0.1, 0.15) is 5.56 Å². The van der Waals surface area contributed by atoms with E-state index in [-0.39, 0.29) is 6.61 Å². The first kappa shape index (κ1) is 10.1. The maximum absolute atomic E-state index is 9.15. The van der Waals surface area contributed by atoms with Crippen LogP contribution in [-0.4, -0.2) is 15.1 Å². The fourth-order valence-corrected chi connectivity index (χ4v) is 2.05. The molecular formula is C11H10N2OS. The Bertz CT molecular complexity index is 434. The van der Waals surface area contributed by atoms with Crippen molar-refractivity contribution in [2.75, 3.05) is 0 Å². The van der Waals surface area contributed by atoms with Gasteiger partial charge < -0.3 is 5.11 Å². The first-order valence-electron chi connectivity index (χ1n) is 4.53. The van der Waals surface area contributed by atoms with Gasteiger partial charge in [0.2, 0.25) is 0 Å². The molecule has 0 spiro atoms. The van der Waals surface area contributed by atoms with Gasteiger partial charge in [0.05, 0.1) is 12.8 Å². The first-order chi connectivity index (χ1) is 7.40. The van der Waals surface area contributed by atoms with Crippen LogP contribution < -0.4 is 0 Å². The number of aliphatic hydroxyl groups is 1. The van der Waals surface area contributed by atoms with Crippen LogP contribution in [0.25, 0.3) is 0 Å². The molecule has 2 rings (SSSR count). The average molecular weight is 218 g/mol. The molecular weight excluding hydrogens is 208 g/mol. The molecule has 1 heterocycles. The van der Waals surface area contributed by atoms with Gasteiger partial charge >= 0.3 is 0 Å². The SMILES string of the molecule is OCc1ccccc1Sc1cnccn1. The van der Waals surface area contributed by atoms with Crippen molar-refractivity contribution >= 4 is 11.8 Å². The van der Waals surface area contributed by atoms with E-state index in [2.05, 4.69) is 9.97 Å². The van der Waals surface area contributed by atoms with Gasteiger partial charge in [-0.15, -0.1) is 0 Å². The summed E-state index contributed by atoms with van der Waals surface area (Å²) in [7, 11) is 0. The van der Waals surface area contributed by atoms with Gasteiger partial charge in [0.15, 0.2) is 0 Å². The Kier molecular flexibility index (Phi) is 3.32. The standard InChI is InChI=1S/C11H10N2OS/c14-8-9-3-1-2-4-10(9)15-11-7-12-5-6-13-11/h1-7,14H,8H2. The monoisotopic (exact) mass is 218 g/mol. The van der Waals surface area contributed by atoms with E-state index >= 15 is 0 Å². The average Bonchev–Trinajstić information content (AvgIpc) is 2.31. The van der Waals surface area contributed by atoms with Gasteiger partial charge in [-0.1, -0.05) is 30.0 Å². The number of rotatable bonds is 3. The molecule has 1 N–H and O–H groups in total. The predicted octanol–water partition coefficient (Wildman–Crippen LogP) is 2.12. The molecule has 0 bridgehead atoms. The van der Waals surface area contributed by atoms with Gasteiger partial charge in [0, 0.05) is 17.3 Å². The molecule has 0 aliphatic heterocycles. The lowest BCUT2D eigenvalue weighted by Crippen LogP contribution is -1.87. The van der Waals surface area contributed by atoms with Crippen LogP contribution in [0.15, 0.2) is 52.8 Å². The fourth-order valence-electron chi connectivity index (χ4n) is 1.18. The number of benzene rings is 1. The normalized spacial score (nSPS) is 10.2. The van der Waals surface area contributed by atoms with Crippen molar-refractivity contribution in [3.8, 4) is 0 Å². The summed E-state index contributed by atoms with van der Waals surface area (Å²) in [5, 5.41) is 9.98. The third-order valence-corrected chi connectivity index (χ3v) is 2.94. The van der Waals surface area contributed by atoms with E-state index in [1.807, 2.05) is 24.3 Å². The Labute approximate surface area is 92.2 Å². The zero-order chi connectivity index (χ0) is 10.5. The number of hydrogen-bond donors (Lipinski definition) is 1. The van der Waals surface area contributed by atoms with Crippen LogP contribution in [0.3, 0.4) is 0 Å². The summed E-state index contributed by atoms with van der Waals surface area (Å²) >= 11 is 1.51. The van der Waals surface area contributed by atoms with Gasteiger partial charge in [-0.3, -0.25) is 4.98 Å². The van der Waals surface area contributed by atoms with Crippen molar-refractivity contribution in [1.29, 1.82) is 0 Å². The van der Waals surface area contributed by atoms with Crippen molar-refractivity contribution < 1.29 is 5.11 Å². The Balaban J connectivity index is 2.24. The molecule has 0 aliphatic rings. The molecule has 3 nitrogen and oxygen atoms in total. The van der Waals surface area contributed by atoms with Gasteiger partial charge in [-0.05, 0) is 11.6 Å². The Morgan fingerprint density at radius 1 is 1.20 bits per heavy atom. The Hall–Kier alpha value is -1.39. The molecule has 0 fully saturated rings. The van der Waals surface area contributed by atoms with Gasteiger partial charge in [-0.25, -0.2) is 4.98 Å². The lowest BCUT2D eigenvalue weighted by atomic mass is 10.2. The lowest BCUT2D eigenvalue weighted by molar-refractivity contribution is 0.279. The first-order valence-corrected chi connectivity index (χ1v) is 5.34. The Morgan fingerprint density at radius 3 is 2.80 bits per heavy atom. The summed E-state index contributed by atoms with van der Waals surface area (Å²) < 4.78 is 0. The smallest absolute Gasteiger partial charge is 0.119 e. The fraction of sp³-hybridized carbons (Fsp3) is 0.0909.